The van der Waals surface area contributed by atoms with Gasteiger partial charge in [0.25, 0.3) is 0 Å². The van der Waals surface area contributed by atoms with Crippen molar-refractivity contribution in [1.82, 2.24) is 14.5 Å². The lowest BCUT2D eigenvalue weighted by Crippen LogP contribution is -2.31. The zero-order valence-corrected chi connectivity index (χ0v) is 13.7. The second-order valence-electron chi connectivity index (χ2n) is 5.48. The molecule has 1 fully saturated rings. The highest BCUT2D eigenvalue weighted by molar-refractivity contribution is 7.89. The van der Waals surface area contributed by atoms with Crippen LogP contribution < -0.4 is 4.74 Å². The maximum Gasteiger partial charge on any atom is 0.416 e. The SMILES string of the molecule is O=S(=O)(c1ccc(C(F)(F)F)cc1)N1CCC(Oc2cccnn2)C1. The second-order valence-corrected chi connectivity index (χ2v) is 7.41. The Labute approximate surface area is 142 Å². The van der Waals surface area contributed by atoms with Gasteiger partial charge in [-0.1, -0.05) is 0 Å². The zero-order chi connectivity index (χ0) is 18.1. The van der Waals surface area contributed by atoms with Crippen molar-refractivity contribution in [3.05, 3.63) is 48.2 Å². The van der Waals surface area contributed by atoms with E-state index in [1.807, 2.05) is 0 Å². The molecule has 2 heterocycles. The molecule has 6 nitrogen and oxygen atoms in total. The van der Waals surface area contributed by atoms with Gasteiger partial charge in [-0.25, -0.2) is 8.42 Å². The minimum Gasteiger partial charge on any atom is -0.472 e. The van der Waals surface area contributed by atoms with Gasteiger partial charge in [0, 0.05) is 18.8 Å². The van der Waals surface area contributed by atoms with Crippen LogP contribution in [-0.2, 0) is 16.2 Å². The predicted octanol–water partition coefficient (Wildman–Crippen LogP) is 2.34. The van der Waals surface area contributed by atoms with Gasteiger partial charge in [0.15, 0.2) is 0 Å². The van der Waals surface area contributed by atoms with E-state index < -0.39 is 21.8 Å². The Morgan fingerprint density at radius 2 is 1.88 bits per heavy atom. The summed E-state index contributed by atoms with van der Waals surface area (Å²) in [7, 11) is -3.88. The molecule has 25 heavy (non-hydrogen) atoms. The number of halogens is 3. The lowest BCUT2D eigenvalue weighted by atomic mass is 10.2. The van der Waals surface area contributed by atoms with E-state index in [1.165, 1.54) is 10.5 Å². The summed E-state index contributed by atoms with van der Waals surface area (Å²) >= 11 is 0. The molecule has 1 aromatic carbocycles. The van der Waals surface area contributed by atoms with Gasteiger partial charge >= 0.3 is 6.18 Å². The van der Waals surface area contributed by atoms with Gasteiger partial charge < -0.3 is 4.74 Å². The van der Waals surface area contributed by atoms with E-state index >= 15 is 0 Å². The first-order valence-electron chi connectivity index (χ1n) is 7.38. The van der Waals surface area contributed by atoms with Gasteiger partial charge in [-0.05, 0) is 36.8 Å². The molecule has 1 atom stereocenters. The molecule has 3 rings (SSSR count). The highest BCUT2D eigenvalue weighted by Crippen LogP contribution is 2.31. The number of sulfonamides is 1. The monoisotopic (exact) mass is 373 g/mol. The Balaban J connectivity index is 1.71. The molecule has 1 unspecified atom stereocenters. The molecule has 0 N–H and O–H groups in total. The molecule has 0 aliphatic carbocycles. The first-order chi connectivity index (χ1) is 11.8. The van der Waals surface area contributed by atoms with Crippen LogP contribution in [0.1, 0.15) is 12.0 Å². The van der Waals surface area contributed by atoms with Crippen molar-refractivity contribution in [2.24, 2.45) is 0 Å². The van der Waals surface area contributed by atoms with Crippen LogP contribution >= 0.6 is 0 Å². The first kappa shape index (κ1) is 17.6. The van der Waals surface area contributed by atoms with Crippen LogP contribution in [0.4, 0.5) is 13.2 Å². The molecule has 1 aliphatic heterocycles. The third kappa shape index (κ3) is 3.90. The van der Waals surface area contributed by atoms with Crippen LogP contribution in [0, 0.1) is 0 Å². The normalized spacial score (nSPS) is 19.1. The molecule has 1 saturated heterocycles. The summed E-state index contributed by atoms with van der Waals surface area (Å²) in [6.07, 6.45) is -2.95. The van der Waals surface area contributed by atoms with Gasteiger partial charge in [0.1, 0.15) is 6.10 Å². The van der Waals surface area contributed by atoms with Crippen LogP contribution in [0.5, 0.6) is 5.88 Å². The number of nitrogens with zero attached hydrogens (tertiary/aromatic N) is 3. The summed E-state index contributed by atoms with van der Waals surface area (Å²) in [4.78, 5) is -0.180. The van der Waals surface area contributed by atoms with Gasteiger partial charge in [-0.15, -0.1) is 5.10 Å². The molecular formula is C15H14F3N3O3S. The van der Waals surface area contributed by atoms with E-state index in [1.54, 1.807) is 12.1 Å². The summed E-state index contributed by atoms with van der Waals surface area (Å²) in [6, 6.07) is 6.71. The Morgan fingerprint density at radius 1 is 1.16 bits per heavy atom. The Hall–Kier alpha value is -2.20. The number of benzene rings is 1. The van der Waals surface area contributed by atoms with E-state index in [0.29, 0.717) is 12.3 Å². The smallest absolute Gasteiger partial charge is 0.416 e. The summed E-state index contributed by atoms with van der Waals surface area (Å²) in [5, 5.41) is 7.44. The van der Waals surface area contributed by atoms with Crippen molar-refractivity contribution >= 4 is 10.0 Å². The lowest BCUT2D eigenvalue weighted by Gasteiger charge is -2.17. The van der Waals surface area contributed by atoms with E-state index in [2.05, 4.69) is 10.2 Å². The van der Waals surface area contributed by atoms with Crippen LogP contribution in [-0.4, -0.2) is 42.1 Å². The lowest BCUT2D eigenvalue weighted by molar-refractivity contribution is -0.137. The fraction of sp³-hybridized carbons (Fsp3) is 0.333. The third-order valence-electron chi connectivity index (χ3n) is 3.76. The minimum atomic E-state index is -4.51. The van der Waals surface area contributed by atoms with Gasteiger partial charge in [0.05, 0.1) is 17.0 Å². The van der Waals surface area contributed by atoms with Crippen molar-refractivity contribution in [3.63, 3.8) is 0 Å². The van der Waals surface area contributed by atoms with E-state index in [4.69, 9.17) is 4.74 Å². The van der Waals surface area contributed by atoms with Crippen molar-refractivity contribution in [1.29, 1.82) is 0 Å². The van der Waals surface area contributed by atoms with E-state index in [0.717, 1.165) is 24.3 Å². The topological polar surface area (TPSA) is 72.4 Å². The van der Waals surface area contributed by atoms with Crippen molar-refractivity contribution in [2.75, 3.05) is 13.1 Å². The Morgan fingerprint density at radius 3 is 2.48 bits per heavy atom. The number of ether oxygens (including phenoxy) is 1. The largest absolute Gasteiger partial charge is 0.472 e. The van der Waals surface area contributed by atoms with Crippen molar-refractivity contribution in [2.45, 2.75) is 23.6 Å². The second kappa shape index (κ2) is 6.60. The molecule has 1 aromatic heterocycles. The number of hydrogen-bond acceptors (Lipinski definition) is 5. The zero-order valence-electron chi connectivity index (χ0n) is 12.8. The average molecular weight is 373 g/mol. The maximum atomic E-state index is 12.6. The molecule has 10 heteroatoms. The quantitative estimate of drug-likeness (QED) is 0.823. The fourth-order valence-corrected chi connectivity index (χ4v) is 3.98. The Bertz CT molecular complexity index is 827. The molecule has 0 spiro atoms. The minimum absolute atomic E-state index is 0.0972. The van der Waals surface area contributed by atoms with E-state index in [-0.39, 0.29) is 24.1 Å². The first-order valence-corrected chi connectivity index (χ1v) is 8.82. The van der Waals surface area contributed by atoms with Crippen LogP contribution in [0.2, 0.25) is 0 Å². The van der Waals surface area contributed by atoms with Crippen molar-refractivity contribution < 1.29 is 26.3 Å². The molecule has 0 amide bonds. The summed E-state index contributed by atoms with van der Waals surface area (Å²) in [6.45, 7) is 0.314. The highest BCUT2D eigenvalue weighted by atomic mass is 32.2. The Kier molecular flexibility index (Phi) is 4.65. The maximum absolute atomic E-state index is 12.6. The van der Waals surface area contributed by atoms with Gasteiger partial charge in [-0.3, -0.25) is 0 Å². The highest BCUT2D eigenvalue weighted by Gasteiger charge is 2.35. The summed E-state index contributed by atoms with van der Waals surface area (Å²) in [5.41, 5.74) is -0.892. The number of hydrogen-bond donors (Lipinski definition) is 0. The van der Waals surface area contributed by atoms with Gasteiger partial charge in [0.2, 0.25) is 15.9 Å². The van der Waals surface area contributed by atoms with Crippen LogP contribution in [0.15, 0.2) is 47.5 Å². The fourth-order valence-electron chi connectivity index (χ4n) is 2.50. The molecule has 2 aromatic rings. The number of aromatic nitrogens is 2. The van der Waals surface area contributed by atoms with Crippen molar-refractivity contribution in [3.8, 4) is 5.88 Å². The molecule has 0 saturated carbocycles. The standard InChI is InChI=1S/C15H14F3N3O3S/c16-15(17,18)11-3-5-13(6-4-11)25(22,23)21-9-7-12(10-21)24-14-2-1-8-19-20-14/h1-6,8,12H,7,9-10H2. The third-order valence-corrected chi connectivity index (χ3v) is 5.64. The molecule has 0 bridgehead atoms. The molecule has 0 radical (unpaired) electrons. The van der Waals surface area contributed by atoms with Crippen LogP contribution in [0.3, 0.4) is 0 Å². The number of alkyl halides is 3. The summed E-state index contributed by atoms with van der Waals surface area (Å²) in [5.74, 6) is 0.293. The molecule has 134 valence electrons. The van der Waals surface area contributed by atoms with Crippen LogP contribution in [0.25, 0.3) is 0 Å². The van der Waals surface area contributed by atoms with Gasteiger partial charge in [-0.2, -0.15) is 22.6 Å². The van der Waals surface area contributed by atoms with E-state index in [9.17, 15) is 21.6 Å². The average Bonchev–Trinajstić information content (AvgIpc) is 3.04. The number of rotatable bonds is 4. The predicted molar refractivity (Wildman–Crippen MR) is 81.3 cm³/mol. The molecule has 1 aliphatic rings. The summed E-state index contributed by atoms with van der Waals surface area (Å²) < 4.78 is 69.6. The molecular weight excluding hydrogens is 359 g/mol.